The number of nitrogens with one attached hydrogen (secondary N) is 1. The summed E-state index contributed by atoms with van der Waals surface area (Å²) in [5, 5.41) is 3.46. The van der Waals surface area contributed by atoms with E-state index in [0.717, 1.165) is 32.4 Å². The Kier molecular flexibility index (Phi) is 4.17. The summed E-state index contributed by atoms with van der Waals surface area (Å²) in [4.78, 5) is 2.07. The molecule has 2 aliphatic heterocycles. The van der Waals surface area contributed by atoms with Crippen LogP contribution in [0.3, 0.4) is 0 Å². The number of sulfone groups is 1. The molecule has 0 radical (unpaired) electrons. The lowest BCUT2D eigenvalue weighted by molar-refractivity contribution is 0.377. The molecule has 0 aromatic heterocycles. The number of anilines is 1. The largest absolute Gasteiger partial charge is 0.369 e. The number of para-hydroxylation sites is 1. The van der Waals surface area contributed by atoms with Crippen LogP contribution in [0.15, 0.2) is 24.3 Å². The SMILES string of the molecule is O=S1(=O)CCC(NC2CCN(c3ccccc3F)CC2)C1. The number of hydrogen-bond acceptors (Lipinski definition) is 4. The first-order valence-electron chi connectivity index (χ1n) is 7.49. The van der Waals surface area contributed by atoms with E-state index in [4.69, 9.17) is 0 Å². The molecule has 4 nitrogen and oxygen atoms in total. The maximum atomic E-state index is 13.8. The van der Waals surface area contributed by atoms with Gasteiger partial charge in [-0.25, -0.2) is 12.8 Å². The molecule has 2 aliphatic rings. The normalized spacial score (nSPS) is 26.1. The van der Waals surface area contributed by atoms with Crippen LogP contribution in [0.2, 0.25) is 0 Å². The Morgan fingerprint density at radius 1 is 1.10 bits per heavy atom. The summed E-state index contributed by atoms with van der Waals surface area (Å²) in [7, 11) is -2.83. The lowest BCUT2D eigenvalue weighted by Gasteiger charge is -2.35. The van der Waals surface area contributed by atoms with Crippen LogP contribution in [-0.2, 0) is 9.84 Å². The second-order valence-electron chi connectivity index (χ2n) is 5.98. The van der Waals surface area contributed by atoms with Gasteiger partial charge in [-0.3, -0.25) is 0 Å². The van der Waals surface area contributed by atoms with Crippen molar-refractivity contribution < 1.29 is 12.8 Å². The summed E-state index contributed by atoms with van der Waals surface area (Å²) in [6, 6.07) is 7.29. The van der Waals surface area contributed by atoms with E-state index >= 15 is 0 Å². The van der Waals surface area contributed by atoms with E-state index in [2.05, 4.69) is 10.2 Å². The van der Waals surface area contributed by atoms with Gasteiger partial charge in [0.1, 0.15) is 5.82 Å². The van der Waals surface area contributed by atoms with Crippen LogP contribution in [0.1, 0.15) is 19.3 Å². The van der Waals surface area contributed by atoms with Crippen molar-refractivity contribution in [3.8, 4) is 0 Å². The topological polar surface area (TPSA) is 49.4 Å². The molecule has 116 valence electrons. The number of piperidine rings is 1. The number of benzene rings is 1. The molecule has 2 heterocycles. The molecule has 2 saturated heterocycles. The van der Waals surface area contributed by atoms with E-state index in [1.54, 1.807) is 6.07 Å². The molecule has 0 aliphatic carbocycles. The summed E-state index contributed by atoms with van der Waals surface area (Å²) in [5.74, 6) is 0.394. The predicted molar refractivity (Wildman–Crippen MR) is 81.8 cm³/mol. The van der Waals surface area contributed by atoms with Crippen molar-refractivity contribution in [1.82, 2.24) is 5.32 Å². The van der Waals surface area contributed by atoms with E-state index in [0.29, 0.717) is 17.5 Å². The van der Waals surface area contributed by atoms with E-state index < -0.39 is 9.84 Å². The van der Waals surface area contributed by atoms with Gasteiger partial charge in [-0.15, -0.1) is 0 Å². The summed E-state index contributed by atoms with van der Waals surface area (Å²) in [6.07, 6.45) is 2.56. The average Bonchev–Trinajstić information content (AvgIpc) is 2.80. The highest BCUT2D eigenvalue weighted by molar-refractivity contribution is 7.91. The van der Waals surface area contributed by atoms with Gasteiger partial charge in [0.05, 0.1) is 17.2 Å². The van der Waals surface area contributed by atoms with Crippen LogP contribution in [0.25, 0.3) is 0 Å². The fourth-order valence-corrected chi connectivity index (χ4v) is 4.94. The van der Waals surface area contributed by atoms with E-state index in [1.165, 1.54) is 6.07 Å². The van der Waals surface area contributed by atoms with Crippen LogP contribution in [-0.4, -0.2) is 45.1 Å². The minimum atomic E-state index is -2.83. The van der Waals surface area contributed by atoms with Crippen molar-refractivity contribution in [2.24, 2.45) is 0 Å². The van der Waals surface area contributed by atoms with E-state index in [1.807, 2.05) is 12.1 Å². The maximum Gasteiger partial charge on any atom is 0.151 e. The van der Waals surface area contributed by atoms with Crippen molar-refractivity contribution in [1.29, 1.82) is 0 Å². The van der Waals surface area contributed by atoms with Gasteiger partial charge in [0.15, 0.2) is 9.84 Å². The van der Waals surface area contributed by atoms with Crippen molar-refractivity contribution in [2.45, 2.75) is 31.3 Å². The Morgan fingerprint density at radius 2 is 1.81 bits per heavy atom. The van der Waals surface area contributed by atoms with Gasteiger partial charge >= 0.3 is 0 Å². The van der Waals surface area contributed by atoms with Crippen molar-refractivity contribution >= 4 is 15.5 Å². The standard InChI is InChI=1S/C15H21FN2O2S/c16-14-3-1-2-4-15(14)18-8-5-12(6-9-18)17-13-7-10-21(19,20)11-13/h1-4,12-13,17H,5-11H2. The van der Waals surface area contributed by atoms with Gasteiger partial charge < -0.3 is 10.2 Å². The molecular weight excluding hydrogens is 291 g/mol. The first-order valence-corrected chi connectivity index (χ1v) is 9.31. The van der Waals surface area contributed by atoms with Crippen LogP contribution in [0, 0.1) is 5.82 Å². The minimum absolute atomic E-state index is 0.0972. The number of hydrogen-bond donors (Lipinski definition) is 1. The lowest BCUT2D eigenvalue weighted by Crippen LogP contribution is -2.46. The van der Waals surface area contributed by atoms with Crippen LogP contribution in [0.5, 0.6) is 0 Å². The second-order valence-corrected chi connectivity index (χ2v) is 8.21. The molecular formula is C15H21FN2O2S. The predicted octanol–water partition coefficient (Wildman–Crippen LogP) is 1.57. The fraction of sp³-hybridized carbons (Fsp3) is 0.600. The average molecular weight is 312 g/mol. The van der Waals surface area contributed by atoms with Gasteiger partial charge in [0.25, 0.3) is 0 Å². The van der Waals surface area contributed by atoms with Gasteiger partial charge in [0, 0.05) is 25.2 Å². The molecule has 6 heteroatoms. The molecule has 0 saturated carbocycles. The van der Waals surface area contributed by atoms with E-state index in [-0.39, 0.29) is 17.6 Å². The molecule has 1 aromatic rings. The number of halogens is 1. The van der Waals surface area contributed by atoms with Crippen molar-refractivity contribution in [2.75, 3.05) is 29.5 Å². The quantitative estimate of drug-likeness (QED) is 0.920. The van der Waals surface area contributed by atoms with Gasteiger partial charge in [-0.1, -0.05) is 12.1 Å². The molecule has 1 unspecified atom stereocenters. The lowest BCUT2D eigenvalue weighted by atomic mass is 10.0. The maximum absolute atomic E-state index is 13.8. The highest BCUT2D eigenvalue weighted by Crippen LogP contribution is 2.23. The summed E-state index contributed by atoms with van der Waals surface area (Å²) < 4.78 is 36.7. The zero-order valence-corrected chi connectivity index (χ0v) is 12.8. The van der Waals surface area contributed by atoms with Crippen LogP contribution in [0.4, 0.5) is 10.1 Å². The summed E-state index contributed by atoms with van der Waals surface area (Å²) in [6.45, 7) is 1.61. The Morgan fingerprint density at radius 3 is 2.43 bits per heavy atom. The highest BCUT2D eigenvalue weighted by atomic mass is 32.2. The molecule has 1 atom stereocenters. The summed E-state index contributed by atoms with van der Waals surface area (Å²) >= 11 is 0. The molecule has 1 N–H and O–H groups in total. The third-order valence-corrected chi connectivity index (χ3v) is 6.16. The fourth-order valence-electron chi connectivity index (χ4n) is 3.26. The Bertz CT molecular complexity index is 597. The van der Waals surface area contributed by atoms with Crippen molar-refractivity contribution in [3.05, 3.63) is 30.1 Å². The molecule has 0 spiro atoms. The van der Waals surface area contributed by atoms with E-state index in [9.17, 15) is 12.8 Å². The van der Waals surface area contributed by atoms with Crippen molar-refractivity contribution in [3.63, 3.8) is 0 Å². The zero-order chi connectivity index (χ0) is 14.9. The minimum Gasteiger partial charge on any atom is -0.369 e. The Labute approximate surface area is 125 Å². The summed E-state index contributed by atoms with van der Waals surface area (Å²) in [5.41, 5.74) is 0.666. The van der Waals surface area contributed by atoms with Crippen LogP contribution >= 0.6 is 0 Å². The molecule has 0 amide bonds. The smallest absolute Gasteiger partial charge is 0.151 e. The van der Waals surface area contributed by atoms with Gasteiger partial charge in [-0.2, -0.15) is 0 Å². The van der Waals surface area contributed by atoms with Crippen LogP contribution < -0.4 is 10.2 Å². The molecule has 3 rings (SSSR count). The second kappa shape index (κ2) is 5.93. The zero-order valence-electron chi connectivity index (χ0n) is 12.0. The molecule has 1 aromatic carbocycles. The molecule has 0 bridgehead atoms. The number of rotatable bonds is 3. The molecule has 21 heavy (non-hydrogen) atoms. The molecule has 2 fully saturated rings. The first kappa shape index (κ1) is 14.8. The number of nitrogens with zero attached hydrogens (tertiary/aromatic N) is 1. The monoisotopic (exact) mass is 312 g/mol. The first-order chi connectivity index (χ1) is 10.0. The Balaban J connectivity index is 1.53. The van der Waals surface area contributed by atoms with Gasteiger partial charge in [0.2, 0.25) is 0 Å². The van der Waals surface area contributed by atoms with Gasteiger partial charge in [-0.05, 0) is 31.4 Å². The third kappa shape index (κ3) is 3.55. The highest BCUT2D eigenvalue weighted by Gasteiger charge is 2.30. The third-order valence-electron chi connectivity index (χ3n) is 4.39. The Hall–Kier alpha value is -1.14.